The number of benzene rings is 1. The summed E-state index contributed by atoms with van der Waals surface area (Å²) in [6.45, 7) is 0. The average Bonchev–Trinajstić information content (AvgIpc) is 2.80. The Bertz CT molecular complexity index is 713. The van der Waals surface area contributed by atoms with Gasteiger partial charge in [-0.05, 0) is 12.5 Å². The SMILES string of the molecule is N#C[C@@H](NC(=O)[C@@H]1CCS(=O)(=O)C1)c1cccc(Cl)c1Cl. The number of nitrogens with zero attached hydrogens (tertiary/aromatic N) is 1. The topological polar surface area (TPSA) is 87.0 Å². The van der Waals surface area contributed by atoms with E-state index in [2.05, 4.69) is 5.32 Å². The van der Waals surface area contributed by atoms with Gasteiger partial charge in [-0.1, -0.05) is 35.3 Å². The van der Waals surface area contributed by atoms with E-state index in [-0.39, 0.29) is 28.0 Å². The van der Waals surface area contributed by atoms with Crippen LogP contribution in [-0.2, 0) is 14.6 Å². The molecule has 1 amide bonds. The number of hydrogen-bond acceptors (Lipinski definition) is 4. The minimum Gasteiger partial charge on any atom is -0.336 e. The molecular formula is C13H12Cl2N2O3S. The Kier molecular flexibility index (Phi) is 4.77. The molecule has 1 saturated heterocycles. The number of amides is 1. The van der Waals surface area contributed by atoms with Crippen molar-refractivity contribution in [1.29, 1.82) is 5.26 Å². The first-order valence-electron chi connectivity index (χ1n) is 6.18. The van der Waals surface area contributed by atoms with Gasteiger partial charge in [0.25, 0.3) is 0 Å². The fourth-order valence-electron chi connectivity index (χ4n) is 2.18. The molecule has 2 atom stereocenters. The number of halogens is 2. The van der Waals surface area contributed by atoms with Gasteiger partial charge in [0.15, 0.2) is 9.84 Å². The van der Waals surface area contributed by atoms with Gasteiger partial charge in [0, 0.05) is 5.56 Å². The molecular weight excluding hydrogens is 335 g/mol. The molecule has 1 fully saturated rings. The third-order valence-electron chi connectivity index (χ3n) is 3.31. The maximum absolute atomic E-state index is 12.1. The van der Waals surface area contributed by atoms with E-state index >= 15 is 0 Å². The maximum atomic E-state index is 12.1. The highest BCUT2D eigenvalue weighted by Gasteiger charge is 2.34. The van der Waals surface area contributed by atoms with E-state index in [1.807, 2.05) is 6.07 Å². The van der Waals surface area contributed by atoms with Crippen LogP contribution in [0.1, 0.15) is 18.0 Å². The highest BCUT2D eigenvalue weighted by molar-refractivity contribution is 7.91. The Balaban J connectivity index is 2.15. The van der Waals surface area contributed by atoms with Crippen LogP contribution in [0, 0.1) is 17.2 Å². The molecule has 0 bridgehead atoms. The molecule has 1 aliphatic rings. The summed E-state index contributed by atoms with van der Waals surface area (Å²) in [5.41, 5.74) is 0.390. The van der Waals surface area contributed by atoms with Gasteiger partial charge in [-0.3, -0.25) is 4.79 Å². The summed E-state index contributed by atoms with van der Waals surface area (Å²) < 4.78 is 22.8. The van der Waals surface area contributed by atoms with Crippen LogP contribution in [0.25, 0.3) is 0 Å². The highest BCUT2D eigenvalue weighted by Crippen LogP contribution is 2.30. The number of rotatable bonds is 3. The zero-order valence-corrected chi connectivity index (χ0v) is 13.2. The van der Waals surface area contributed by atoms with Crippen LogP contribution in [0.15, 0.2) is 18.2 Å². The molecule has 0 aromatic heterocycles. The zero-order valence-electron chi connectivity index (χ0n) is 10.8. The van der Waals surface area contributed by atoms with Crippen molar-refractivity contribution >= 4 is 38.9 Å². The van der Waals surface area contributed by atoms with Gasteiger partial charge in [-0.15, -0.1) is 0 Å². The molecule has 0 aliphatic carbocycles. The van der Waals surface area contributed by atoms with Crippen molar-refractivity contribution in [2.45, 2.75) is 12.5 Å². The highest BCUT2D eigenvalue weighted by atomic mass is 35.5. The normalized spacial score (nSPS) is 21.5. The van der Waals surface area contributed by atoms with Crippen LogP contribution in [0.3, 0.4) is 0 Å². The van der Waals surface area contributed by atoms with E-state index in [4.69, 9.17) is 23.2 Å². The lowest BCUT2D eigenvalue weighted by atomic mass is 10.0. The summed E-state index contributed by atoms with van der Waals surface area (Å²) in [5, 5.41) is 12.2. The second kappa shape index (κ2) is 6.22. The van der Waals surface area contributed by atoms with Crippen LogP contribution < -0.4 is 5.32 Å². The lowest BCUT2D eigenvalue weighted by Gasteiger charge is -2.16. The first kappa shape index (κ1) is 16.1. The Morgan fingerprint density at radius 1 is 1.43 bits per heavy atom. The van der Waals surface area contributed by atoms with Crippen LogP contribution in [0.4, 0.5) is 0 Å². The van der Waals surface area contributed by atoms with E-state index in [0.29, 0.717) is 5.56 Å². The second-order valence-electron chi connectivity index (χ2n) is 4.81. The second-order valence-corrected chi connectivity index (χ2v) is 7.83. The van der Waals surface area contributed by atoms with E-state index in [1.54, 1.807) is 18.2 Å². The van der Waals surface area contributed by atoms with Gasteiger partial charge in [-0.2, -0.15) is 5.26 Å². The smallest absolute Gasteiger partial charge is 0.225 e. The number of nitriles is 1. The van der Waals surface area contributed by atoms with Crippen molar-refractivity contribution in [2.75, 3.05) is 11.5 Å². The fraction of sp³-hybridized carbons (Fsp3) is 0.385. The quantitative estimate of drug-likeness (QED) is 0.907. The van der Waals surface area contributed by atoms with E-state index in [0.717, 1.165) is 0 Å². The van der Waals surface area contributed by atoms with Gasteiger partial charge in [0.05, 0.1) is 33.5 Å². The van der Waals surface area contributed by atoms with Gasteiger partial charge in [0.1, 0.15) is 6.04 Å². The maximum Gasteiger partial charge on any atom is 0.225 e. The molecule has 1 N–H and O–H groups in total. The summed E-state index contributed by atoms with van der Waals surface area (Å²) in [7, 11) is -3.15. The van der Waals surface area contributed by atoms with Gasteiger partial charge < -0.3 is 5.32 Å². The minimum absolute atomic E-state index is 0.000226. The predicted octanol–water partition coefficient (Wildman–Crippen LogP) is 2.11. The monoisotopic (exact) mass is 346 g/mol. The summed E-state index contributed by atoms with van der Waals surface area (Å²) in [4.78, 5) is 12.1. The molecule has 8 heteroatoms. The van der Waals surface area contributed by atoms with Gasteiger partial charge >= 0.3 is 0 Å². The summed E-state index contributed by atoms with van der Waals surface area (Å²) in [5.74, 6) is -1.26. The summed E-state index contributed by atoms with van der Waals surface area (Å²) >= 11 is 11.9. The first-order chi connectivity index (χ1) is 9.84. The van der Waals surface area contributed by atoms with Crippen LogP contribution in [0.2, 0.25) is 10.0 Å². The van der Waals surface area contributed by atoms with Crippen molar-refractivity contribution in [3.05, 3.63) is 33.8 Å². The van der Waals surface area contributed by atoms with E-state index in [1.165, 1.54) is 0 Å². The molecule has 0 radical (unpaired) electrons. The van der Waals surface area contributed by atoms with Crippen molar-refractivity contribution in [3.63, 3.8) is 0 Å². The fourth-order valence-corrected chi connectivity index (χ4v) is 4.34. The molecule has 0 saturated carbocycles. The van der Waals surface area contributed by atoms with Crippen LogP contribution >= 0.6 is 23.2 Å². The van der Waals surface area contributed by atoms with Crippen molar-refractivity contribution in [2.24, 2.45) is 5.92 Å². The predicted molar refractivity (Wildman–Crippen MR) is 79.7 cm³/mol. The standard InChI is InChI=1S/C13H12Cl2N2O3S/c14-10-3-1-2-9(12(10)15)11(6-16)17-13(18)8-4-5-21(19,20)7-8/h1-3,8,11H,4-5,7H2,(H,17,18)/t8-,11-/m1/s1. The lowest BCUT2D eigenvalue weighted by molar-refractivity contribution is -0.124. The number of nitrogens with one attached hydrogen (secondary N) is 1. The number of sulfone groups is 1. The zero-order chi connectivity index (χ0) is 15.6. The van der Waals surface area contributed by atoms with Crippen molar-refractivity contribution in [3.8, 4) is 6.07 Å². The van der Waals surface area contributed by atoms with Gasteiger partial charge in [-0.25, -0.2) is 8.42 Å². The minimum atomic E-state index is -3.15. The molecule has 1 aromatic carbocycles. The summed E-state index contributed by atoms with van der Waals surface area (Å²) in [6.07, 6.45) is 0.273. The largest absolute Gasteiger partial charge is 0.336 e. The molecule has 0 unspecified atom stereocenters. The molecule has 2 rings (SSSR count). The summed E-state index contributed by atoms with van der Waals surface area (Å²) in [6, 6.07) is 5.76. The lowest BCUT2D eigenvalue weighted by Crippen LogP contribution is -2.34. The number of carbonyl (C=O) groups is 1. The third kappa shape index (κ3) is 3.67. The Hall–Kier alpha value is -1.29. The Morgan fingerprint density at radius 3 is 2.71 bits per heavy atom. The Morgan fingerprint density at radius 2 is 2.14 bits per heavy atom. The molecule has 5 nitrogen and oxygen atoms in total. The average molecular weight is 347 g/mol. The molecule has 1 aromatic rings. The Labute approximate surface area is 132 Å². The molecule has 112 valence electrons. The number of hydrogen-bond donors (Lipinski definition) is 1. The van der Waals surface area contributed by atoms with E-state index < -0.39 is 27.7 Å². The first-order valence-corrected chi connectivity index (χ1v) is 8.76. The van der Waals surface area contributed by atoms with E-state index in [9.17, 15) is 18.5 Å². The van der Waals surface area contributed by atoms with Crippen molar-refractivity contribution < 1.29 is 13.2 Å². The van der Waals surface area contributed by atoms with Gasteiger partial charge in [0.2, 0.25) is 5.91 Å². The molecule has 0 spiro atoms. The molecule has 1 heterocycles. The third-order valence-corrected chi connectivity index (χ3v) is 5.91. The van der Waals surface area contributed by atoms with Crippen LogP contribution in [-0.4, -0.2) is 25.8 Å². The molecule has 1 aliphatic heterocycles. The molecule has 21 heavy (non-hydrogen) atoms. The van der Waals surface area contributed by atoms with Crippen molar-refractivity contribution in [1.82, 2.24) is 5.32 Å². The van der Waals surface area contributed by atoms with Crippen LogP contribution in [0.5, 0.6) is 0 Å². The number of carbonyl (C=O) groups excluding carboxylic acids is 1.